The van der Waals surface area contributed by atoms with Crippen molar-refractivity contribution in [2.24, 2.45) is 0 Å². The standard InChI is InChI=1S/C11H13FO4/c1-7(13)16-6-8-4-5-9(14-2)11(15-3)10(8)12/h4-5H,6H2,1-3H3. The van der Waals surface area contributed by atoms with Gasteiger partial charge in [0, 0.05) is 12.5 Å². The molecule has 0 saturated heterocycles. The van der Waals surface area contributed by atoms with E-state index in [-0.39, 0.29) is 17.9 Å². The number of ether oxygens (including phenoxy) is 3. The Labute approximate surface area is 92.9 Å². The van der Waals surface area contributed by atoms with Gasteiger partial charge in [-0.1, -0.05) is 0 Å². The maximum Gasteiger partial charge on any atom is 0.302 e. The Bertz CT molecular complexity index is 390. The van der Waals surface area contributed by atoms with Crippen LogP contribution in [0.25, 0.3) is 0 Å². The smallest absolute Gasteiger partial charge is 0.302 e. The lowest BCUT2D eigenvalue weighted by molar-refractivity contribution is -0.142. The summed E-state index contributed by atoms with van der Waals surface area (Å²) in [5, 5.41) is 0. The molecule has 0 aliphatic carbocycles. The first-order valence-corrected chi connectivity index (χ1v) is 4.62. The van der Waals surface area contributed by atoms with Crippen LogP contribution in [-0.4, -0.2) is 20.2 Å². The van der Waals surface area contributed by atoms with Crippen molar-refractivity contribution in [1.29, 1.82) is 0 Å². The predicted molar refractivity (Wildman–Crippen MR) is 55.0 cm³/mol. The molecular formula is C11H13FO4. The first kappa shape index (κ1) is 12.3. The molecule has 1 aromatic carbocycles. The molecule has 1 rings (SSSR count). The van der Waals surface area contributed by atoms with Gasteiger partial charge in [-0.05, 0) is 12.1 Å². The van der Waals surface area contributed by atoms with Crippen LogP contribution in [0.15, 0.2) is 12.1 Å². The molecule has 0 aromatic heterocycles. The largest absolute Gasteiger partial charge is 0.493 e. The summed E-state index contributed by atoms with van der Waals surface area (Å²) in [5.74, 6) is -0.740. The van der Waals surface area contributed by atoms with Crippen molar-refractivity contribution in [3.63, 3.8) is 0 Å². The third-order valence-corrected chi connectivity index (χ3v) is 2.00. The van der Waals surface area contributed by atoms with E-state index in [4.69, 9.17) is 14.2 Å². The summed E-state index contributed by atoms with van der Waals surface area (Å²) in [5.41, 5.74) is 0.243. The molecule has 0 bridgehead atoms. The van der Waals surface area contributed by atoms with Crippen molar-refractivity contribution in [2.45, 2.75) is 13.5 Å². The minimum absolute atomic E-state index is 0.00662. The van der Waals surface area contributed by atoms with E-state index in [0.717, 1.165) is 0 Å². The Hall–Kier alpha value is -1.78. The van der Waals surface area contributed by atoms with Crippen molar-refractivity contribution < 1.29 is 23.4 Å². The van der Waals surface area contributed by atoms with Crippen LogP contribution in [0.3, 0.4) is 0 Å². The van der Waals surface area contributed by atoms with Gasteiger partial charge in [0.25, 0.3) is 0 Å². The topological polar surface area (TPSA) is 44.8 Å². The Balaban J connectivity index is 2.99. The Morgan fingerprint density at radius 2 is 2.00 bits per heavy atom. The summed E-state index contributed by atoms with van der Waals surface area (Å²) < 4.78 is 28.3. The third-order valence-electron chi connectivity index (χ3n) is 2.00. The molecule has 1 aromatic rings. The van der Waals surface area contributed by atoms with Crippen LogP contribution in [0.5, 0.6) is 11.5 Å². The highest BCUT2D eigenvalue weighted by Crippen LogP contribution is 2.32. The number of halogens is 1. The minimum Gasteiger partial charge on any atom is -0.493 e. The summed E-state index contributed by atoms with van der Waals surface area (Å²) in [4.78, 5) is 10.6. The third kappa shape index (κ3) is 2.62. The lowest BCUT2D eigenvalue weighted by Gasteiger charge is -2.11. The van der Waals surface area contributed by atoms with Crippen LogP contribution < -0.4 is 9.47 Å². The lowest BCUT2D eigenvalue weighted by atomic mass is 10.2. The second kappa shape index (κ2) is 5.34. The maximum absolute atomic E-state index is 13.8. The van der Waals surface area contributed by atoms with Gasteiger partial charge < -0.3 is 14.2 Å². The van der Waals surface area contributed by atoms with Crippen LogP contribution in [0.4, 0.5) is 4.39 Å². The summed E-state index contributed by atoms with van der Waals surface area (Å²) in [7, 11) is 2.76. The van der Waals surface area contributed by atoms with Crippen molar-refractivity contribution in [2.75, 3.05) is 14.2 Å². The Morgan fingerprint density at radius 3 is 2.50 bits per heavy atom. The van der Waals surface area contributed by atoms with Crippen LogP contribution in [0.2, 0.25) is 0 Å². The molecule has 0 heterocycles. The van der Waals surface area contributed by atoms with Gasteiger partial charge in [0.2, 0.25) is 0 Å². The zero-order valence-electron chi connectivity index (χ0n) is 9.37. The molecule has 5 heteroatoms. The van der Waals surface area contributed by atoms with E-state index in [0.29, 0.717) is 5.75 Å². The number of esters is 1. The molecule has 4 nitrogen and oxygen atoms in total. The quantitative estimate of drug-likeness (QED) is 0.738. The molecule has 16 heavy (non-hydrogen) atoms. The van der Waals surface area contributed by atoms with Crippen molar-refractivity contribution in [1.82, 2.24) is 0 Å². The van der Waals surface area contributed by atoms with Crippen molar-refractivity contribution in [3.8, 4) is 11.5 Å². The van der Waals surface area contributed by atoms with Gasteiger partial charge in [0.05, 0.1) is 14.2 Å². The van der Waals surface area contributed by atoms with Gasteiger partial charge in [-0.25, -0.2) is 4.39 Å². The fourth-order valence-corrected chi connectivity index (χ4v) is 1.22. The number of hydrogen-bond donors (Lipinski definition) is 0. The summed E-state index contributed by atoms with van der Waals surface area (Å²) >= 11 is 0. The molecule has 0 amide bonds. The second-order valence-corrected chi connectivity index (χ2v) is 3.05. The summed E-state index contributed by atoms with van der Waals surface area (Å²) in [6, 6.07) is 3.04. The zero-order valence-corrected chi connectivity index (χ0v) is 9.37. The molecule has 0 aliphatic rings. The highest BCUT2D eigenvalue weighted by Gasteiger charge is 2.15. The highest BCUT2D eigenvalue weighted by atomic mass is 19.1. The predicted octanol–water partition coefficient (Wildman–Crippen LogP) is 1.91. The number of hydrogen-bond acceptors (Lipinski definition) is 4. The van der Waals surface area contributed by atoms with Gasteiger partial charge in [-0.3, -0.25) is 4.79 Å². The van der Waals surface area contributed by atoms with E-state index in [2.05, 4.69) is 0 Å². The van der Waals surface area contributed by atoms with Gasteiger partial charge in [0.1, 0.15) is 6.61 Å². The molecule has 0 aliphatic heterocycles. The van der Waals surface area contributed by atoms with E-state index < -0.39 is 11.8 Å². The number of benzene rings is 1. The molecule has 0 saturated carbocycles. The number of carbonyl (C=O) groups excluding carboxylic acids is 1. The first-order valence-electron chi connectivity index (χ1n) is 4.62. The lowest BCUT2D eigenvalue weighted by Crippen LogP contribution is -2.03. The van der Waals surface area contributed by atoms with Gasteiger partial charge in [-0.15, -0.1) is 0 Å². The fourth-order valence-electron chi connectivity index (χ4n) is 1.22. The zero-order chi connectivity index (χ0) is 12.1. The average Bonchev–Trinajstić information content (AvgIpc) is 2.26. The van der Waals surface area contributed by atoms with Crippen LogP contribution in [0.1, 0.15) is 12.5 Å². The van der Waals surface area contributed by atoms with E-state index in [1.54, 1.807) is 6.07 Å². The van der Waals surface area contributed by atoms with E-state index in [9.17, 15) is 9.18 Å². The molecule has 0 atom stereocenters. The van der Waals surface area contributed by atoms with Gasteiger partial charge in [0.15, 0.2) is 17.3 Å². The SMILES string of the molecule is COc1ccc(COC(C)=O)c(F)c1OC. The molecule has 0 unspecified atom stereocenters. The van der Waals surface area contributed by atoms with Gasteiger partial charge in [-0.2, -0.15) is 0 Å². The molecule has 0 radical (unpaired) electrons. The first-order chi connectivity index (χ1) is 7.60. The monoisotopic (exact) mass is 228 g/mol. The minimum atomic E-state index is -0.580. The number of methoxy groups -OCH3 is 2. The normalized spacial score (nSPS) is 9.75. The number of carbonyl (C=O) groups is 1. The fraction of sp³-hybridized carbons (Fsp3) is 0.364. The molecule has 0 fully saturated rings. The second-order valence-electron chi connectivity index (χ2n) is 3.05. The van der Waals surface area contributed by atoms with Crippen LogP contribution in [0, 0.1) is 5.82 Å². The van der Waals surface area contributed by atoms with Gasteiger partial charge >= 0.3 is 5.97 Å². The highest BCUT2D eigenvalue weighted by molar-refractivity contribution is 5.66. The summed E-state index contributed by atoms with van der Waals surface area (Å²) in [6.07, 6.45) is 0. The average molecular weight is 228 g/mol. The summed E-state index contributed by atoms with van der Waals surface area (Å²) in [6.45, 7) is 1.14. The van der Waals surface area contributed by atoms with Crippen molar-refractivity contribution in [3.05, 3.63) is 23.5 Å². The Kier molecular flexibility index (Phi) is 4.10. The van der Waals surface area contributed by atoms with E-state index >= 15 is 0 Å². The van der Waals surface area contributed by atoms with E-state index in [1.807, 2.05) is 0 Å². The van der Waals surface area contributed by atoms with Crippen LogP contribution in [-0.2, 0) is 16.1 Å². The number of rotatable bonds is 4. The van der Waals surface area contributed by atoms with Crippen molar-refractivity contribution >= 4 is 5.97 Å². The molecule has 88 valence electrons. The Morgan fingerprint density at radius 1 is 1.31 bits per heavy atom. The maximum atomic E-state index is 13.8. The van der Waals surface area contributed by atoms with E-state index in [1.165, 1.54) is 27.2 Å². The molecular weight excluding hydrogens is 215 g/mol. The van der Waals surface area contributed by atoms with Crippen LogP contribution >= 0.6 is 0 Å². The molecule has 0 N–H and O–H groups in total. The molecule has 0 spiro atoms.